The van der Waals surface area contributed by atoms with Crippen molar-refractivity contribution in [2.45, 2.75) is 38.8 Å². The maximum Gasteiger partial charge on any atom is 0.257 e. The minimum atomic E-state index is 0.313. The van der Waals surface area contributed by atoms with Crippen molar-refractivity contribution in [1.29, 1.82) is 0 Å². The largest absolute Gasteiger partial charge is 0.475 e. The molecule has 0 spiro atoms. The summed E-state index contributed by atoms with van der Waals surface area (Å²) in [7, 11) is 0. The molecule has 2 aliphatic heterocycles. The quantitative estimate of drug-likeness (QED) is 0.684. The Morgan fingerprint density at radius 2 is 2.07 bits per heavy atom. The normalized spacial score (nSPS) is 18.0. The highest BCUT2D eigenvalue weighted by Crippen LogP contribution is 2.34. The van der Waals surface area contributed by atoms with Crippen molar-refractivity contribution in [1.82, 2.24) is 29.5 Å². The summed E-state index contributed by atoms with van der Waals surface area (Å²) in [5, 5.41) is 13.5. The van der Waals surface area contributed by atoms with Gasteiger partial charge in [0, 0.05) is 32.4 Å². The topological polar surface area (TPSA) is 91.9 Å². The maximum atomic E-state index is 6.21. The number of anilines is 2. The SMILES string of the molecule is Cc1c2c(nn1C1CCOCC1)OCCCn1nc(Cl)c3cnc(nc31)N2. The molecule has 0 aromatic carbocycles. The van der Waals surface area contributed by atoms with Gasteiger partial charge < -0.3 is 14.8 Å². The van der Waals surface area contributed by atoms with Crippen molar-refractivity contribution in [2.24, 2.45) is 0 Å². The Kier molecular flexibility index (Phi) is 4.13. The van der Waals surface area contributed by atoms with Crippen molar-refractivity contribution < 1.29 is 9.47 Å². The summed E-state index contributed by atoms with van der Waals surface area (Å²) in [6.45, 7) is 4.74. The van der Waals surface area contributed by atoms with Gasteiger partial charge in [-0.2, -0.15) is 10.1 Å². The van der Waals surface area contributed by atoms with Gasteiger partial charge in [0.25, 0.3) is 5.88 Å². The molecular formula is C17H20ClN7O2. The smallest absolute Gasteiger partial charge is 0.257 e. The summed E-state index contributed by atoms with van der Waals surface area (Å²) in [6, 6.07) is 0.313. The Bertz CT molecular complexity index is 993. The molecule has 142 valence electrons. The average Bonchev–Trinajstić information content (AvgIpc) is 3.16. The Morgan fingerprint density at radius 3 is 2.93 bits per heavy atom. The van der Waals surface area contributed by atoms with E-state index in [9.17, 15) is 0 Å². The van der Waals surface area contributed by atoms with Crippen LogP contribution < -0.4 is 10.1 Å². The number of nitrogens with zero attached hydrogens (tertiary/aromatic N) is 6. The lowest BCUT2D eigenvalue weighted by molar-refractivity contribution is 0.0652. The lowest BCUT2D eigenvalue weighted by Crippen LogP contribution is -2.21. The summed E-state index contributed by atoms with van der Waals surface area (Å²) in [6.07, 6.45) is 4.37. The molecule has 5 heterocycles. The molecule has 1 fully saturated rings. The van der Waals surface area contributed by atoms with Crippen LogP contribution in [0.25, 0.3) is 11.0 Å². The number of fused-ring (bicyclic) bond motifs is 2. The lowest BCUT2D eigenvalue weighted by Gasteiger charge is -2.23. The summed E-state index contributed by atoms with van der Waals surface area (Å²) in [4.78, 5) is 9.02. The zero-order valence-electron chi connectivity index (χ0n) is 15.0. The Balaban J connectivity index is 1.57. The third-order valence-electron chi connectivity index (χ3n) is 5.09. The van der Waals surface area contributed by atoms with Crippen LogP contribution in [0.3, 0.4) is 0 Å². The van der Waals surface area contributed by atoms with Gasteiger partial charge >= 0.3 is 0 Å². The van der Waals surface area contributed by atoms with Crippen molar-refractivity contribution in [3.05, 3.63) is 17.0 Å². The fourth-order valence-corrected chi connectivity index (χ4v) is 3.88. The van der Waals surface area contributed by atoms with Gasteiger partial charge in [-0.15, -0.1) is 5.10 Å². The molecular weight excluding hydrogens is 370 g/mol. The second-order valence-corrected chi connectivity index (χ2v) is 7.18. The molecule has 27 heavy (non-hydrogen) atoms. The van der Waals surface area contributed by atoms with E-state index in [1.807, 2.05) is 11.6 Å². The predicted molar refractivity (Wildman–Crippen MR) is 99.8 cm³/mol. The maximum absolute atomic E-state index is 6.21. The Labute approximate surface area is 160 Å². The van der Waals surface area contributed by atoms with Crippen molar-refractivity contribution in [3.63, 3.8) is 0 Å². The average molecular weight is 390 g/mol. The van der Waals surface area contributed by atoms with Crippen LogP contribution in [-0.4, -0.2) is 49.3 Å². The van der Waals surface area contributed by atoms with Crippen LogP contribution in [0.15, 0.2) is 6.20 Å². The highest BCUT2D eigenvalue weighted by molar-refractivity contribution is 6.34. The van der Waals surface area contributed by atoms with Gasteiger partial charge in [0.15, 0.2) is 10.8 Å². The lowest BCUT2D eigenvalue weighted by atomic mass is 10.1. The van der Waals surface area contributed by atoms with E-state index in [0.29, 0.717) is 36.2 Å². The van der Waals surface area contributed by atoms with Crippen LogP contribution in [0.5, 0.6) is 5.88 Å². The van der Waals surface area contributed by atoms with Crippen molar-refractivity contribution in [3.8, 4) is 5.88 Å². The molecule has 0 aliphatic carbocycles. The third-order valence-corrected chi connectivity index (χ3v) is 5.37. The number of nitrogens with one attached hydrogen (secondary N) is 1. The number of ether oxygens (including phenoxy) is 2. The Hall–Kier alpha value is -2.39. The number of rotatable bonds is 1. The second kappa shape index (κ2) is 6.65. The summed E-state index contributed by atoms with van der Waals surface area (Å²) < 4.78 is 15.3. The van der Waals surface area contributed by atoms with E-state index in [1.165, 1.54) is 0 Å². The number of aryl methyl sites for hydroxylation is 1. The monoisotopic (exact) mass is 389 g/mol. The van der Waals surface area contributed by atoms with Crippen LogP contribution >= 0.6 is 11.6 Å². The Morgan fingerprint density at radius 1 is 1.22 bits per heavy atom. The van der Waals surface area contributed by atoms with Gasteiger partial charge in [0.2, 0.25) is 5.95 Å². The summed E-state index contributed by atoms with van der Waals surface area (Å²) >= 11 is 6.21. The van der Waals surface area contributed by atoms with Crippen molar-refractivity contribution >= 4 is 34.3 Å². The third kappa shape index (κ3) is 2.90. The van der Waals surface area contributed by atoms with Gasteiger partial charge in [-0.25, -0.2) is 9.67 Å². The predicted octanol–water partition coefficient (Wildman–Crippen LogP) is 2.86. The second-order valence-electron chi connectivity index (χ2n) is 6.83. The first-order valence-electron chi connectivity index (χ1n) is 9.16. The van der Waals surface area contributed by atoms with E-state index in [-0.39, 0.29) is 0 Å². The molecule has 0 saturated carbocycles. The molecule has 10 heteroatoms. The van der Waals surface area contributed by atoms with Crippen LogP contribution in [-0.2, 0) is 11.3 Å². The van der Waals surface area contributed by atoms with E-state index >= 15 is 0 Å². The van der Waals surface area contributed by atoms with Gasteiger partial charge in [0.05, 0.1) is 23.7 Å². The molecule has 5 rings (SSSR count). The number of halogens is 1. The van der Waals surface area contributed by atoms with Gasteiger partial charge in [-0.05, 0) is 19.8 Å². The van der Waals surface area contributed by atoms with E-state index in [4.69, 9.17) is 26.2 Å². The molecule has 2 bridgehead atoms. The molecule has 0 radical (unpaired) electrons. The summed E-state index contributed by atoms with van der Waals surface area (Å²) in [5.74, 6) is 1.06. The van der Waals surface area contributed by atoms with E-state index in [0.717, 1.165) is 54.9 Å². The van der Waals surface area contributed by atoms with Gasteiger partial charge in [0.1, 0.15) is 5.69 Å². The first-order valence-corrected chi connectivity index (χ1v) is 9.54. The minimum absolute atomic E-state index is 0.313. The highest BCUT2D eigenvalue weighted by atomic mass is 35.5. The van der Waals surface area contributed by atoms with Crippen LogP contribution in [0, 0.1) is 6.92 Å². The fourth-order valence-electron chi connectivity index (χ4n) is 3.66. The molecule has 3 aromatic heterocycles. The fraction of sp³-hybridized carbons (Fsp3) is 0.529. The molecule has 2 aliphatic rings. The molecule has 3 aromatic rings. The van der Waals surface area contributed by atoms with Crippen LogP contribution in [0.1, 0.15) is 31.0 Å². The molecule has 9 nitrogen and oxygen atoms in total. The minimum Gasteiger partial charge on any atom is -0.475 e. The summed E-state index contributed by atoms with van der Waals surface area (Å²) in [5.41, 5.74) is 2.53. The van der Waals surface area contributed by atoms with E-state index < -0.39 is 0 Å². The number of hydrogen-bond donors (Lipinski definition) is 1. The van der Waals surface area contributed by atoms with E-state index in [2.05, 4.69) is 20.4 Å². The highest BCUT2D eigenvalue weighted by Gasteiger charge is 2.25. The number of hydrogen-bond acceptors (Lipinski definition) is 7. The first kappa shape index (κ1) is 16.8. The number of aromatic nitrogens is 6. The first-order chi connectivity index (χ1) is 13.2. The zero-order valence-corrected chi connectivity index (χ0v) is 15.7. The molecule has 1 saturated heterocycles. The molecule has 0 atom stereocenters. The van der Waals surface area contributed by atoms with Crippen LogP contribution in [0.2, 0.25) is 5.15 Å². The van der Waals surface area contributed by atoms with Gasteiger partial charge in [-0.1, -0.05) is 11.6 Å². The zero-order chi connectivity index (χ0) is 18.4. The van der Waals surface area contributed by atoms with E-state index in [1.54, 1.807) is 10.9 Å². The molecule has 0 unspecified atom stereocenters. The molecule has 1 N–H and O–H groups in total. The van der Waals surface area contributed by atoms with Gasteiger partial charge in [-0.3, -0.25) is 4.68 Å². The van der Waals surface area contributed by atoms with Crippen LogP contribution in [0.4, 0.5) is 11.6 Å². The van der Waals surface area contributed by atoms with Crippen molar-refractivity contribution in [2.75, 3.05) is 25.1 Å². The molecule has 0 amide bonds. The standard InChI is InChI=1S/C17H20ClN7O2/c1-10-13-16(23-25(10)11-3-7-26-8-4-11)27-6-2-5-24-15-12(14(18)22-24)9-19-17(20-13)21-15/h9,11H,2-8H2,1H3,(H,19,20,21).